The van der Waals surface area contributed by atoms with Crippen molar-refractivity contribution in [1.29, 1.82) is 0 Å². The van der Waals surface area contributed by atoms with Crippen LogP contribution in [-0.4, -0.2) is 37.2 Å². The topological polar surface area (TPSA) is 78.9 Å². The molecule has 0 aliphatic heterocycles. The van der Waals surface area contributed by atoms with Gasteiger partial charge in [-0.15, -0.1) is 0 Å². The lowest BCUT2D eigenvalue weighted by molar-refractivity contribution is -0.167. The lowest BCUT2D eigenvalue weighted by Crippen LogP contribution is -2.30. The molecular weight excluding hydrogens is 937 g/mol. The van der Waals surface area contributed by atoms with E-state index in [1.165, 1.54) is 193 Å². The van der Waals surface area contributed by atoms with Crippen molar-refractivity contribution in [3.63, 3.8) is 0 Å². The van der Waals surface area contributed by atoms with E-state index in [0.717, 1.165) is 103 Å². The summed E-state index contributed by atoms with van der Waals surface area (Å²) < 4.78 is 17.0. The summed E-state index contributed by atoms with van der Waals surface area (Å²) in [5, 5.41) is 0. The Hall–Kier alpha value is -3.15. The lowest BCUT2D eigenvalue weighted by Gasteiger charge is -2.18. The summed E-state index contributed by atoms with van der Waals surface area (Å²) in [6.45, 7) is 6.55. The van der Waals surface area contributed by atoms with E-state index in [9.17, 15) is 14.4 Å². The highest BCUT2D eigenvalue weighted by Crippen LogP contribution is 2.17. The number of carbonyl (C=O) groups is 3. The number of hydrogen-bond acceptors (Lipinski definition) is 6. The zero-order valence-electron chi connectivity index (χ0n) is 50.5. The maximum Gasteiger partial charge on any atom is 0.306 e. The van der Waals surface area contributed by atoms with Gasteiger partial charge >= 0.3 is 17.9 Å². The predicted molar refractivity (Wildman–Crippen MR) is 330 cm³/mol. The van der Waals surface area contributed by atoms with E-state index in [1.54, 1.807) is 0 Å². The van der Waals surface area contributed by atoms with Crippen molar-refractivity contribution in [2.75, 3.05) is 13.2 Å². The first-order valence-electron chi connectivity index (χ1n) is 32.9. The molecule has 0 fully saturated rings. The minimum absolute atomic E-state index is 0.0791. The maximum absolute atomic E-state index is 12.9. The van der Waals surface area contributed by atoms with Crippen LogP contribution in [0.1, 0.15) is 335 Å². The van der Waals surface area contributed by atoms with Crippen molar-refractivity contribution in [1.82, 2.24) is 0 Å². The van der Waals surface area contributed by atoms with Crippen LogP contribution in [0.25, 0.3) is 0 Å². The Balaban J connectivity index is 4.38. The zero-order chi connectivity index (χ0) is 55.0. The molecule has 0 aliphatic rings. The Morgan fingerprint density at radius 3 is 0.816 bits per heavy atom. The Kier molecular flexibility index (Phi) is 61.7. The lowest BCUT2D eigenvalue weighted by atomic mass is 10.0. The van der Waals surface area contributed by atoms with Gasteiger partial charge in [0.05, 0.1) is 0 Å². The van der Waals surface area contributed by atoms with Crippen LogP contribution in [0.4, 0.5) is 0 Å². The van der Waals surface area contributed by atoms with Crippen LogP contribution in [-0.2, 0) is 28.6 Å². The summed E-state index contributed by atoms with van der Waals surface area (Å²) in [7, 11) is 0. The van der Waals surface area contributed by atoms with Crippen LogP contribution in [0.2, 0.25) is 0 Å². The fourth-order valence-electron chi connectivity index (χ4n) is 9.53. The van der Waals surface area contributed by atoms with Crippen LogP contribution in [0.5, 0.6) is 0 Å². The summed E-state index contributed by atoms with van der Waals surface area (Å²) in [5.41, 5.74) is 0. The molecule has 440 valence electrons. The molecule has 0 aromatic rings. The summed E-state index contributed by atoms with van der Waals surface area (Å²) in [6, 6.07) is 0. The summed E-state index contributed by atoms with van der Waals surface area (Å²) in [6.07, 6.45) is 83.3. The number of ether oxygens (including phenoxy) is 3. The molecule has 1 atom stereocenters. The number of unbranched alkanes of at least 4 members (excludes halogenated alkanes) is 37. The highest BCUT2D eigenvalue weighted by molar-refractivity contribution is 5.71. The third-order valence-electron chi connectivity index (χ3n) is 14.4. The van der Waals surface area contributed by atoms with Gasteiger partial charge in [-0.1, -0.05) is 299 Å². The van der Waals surface area contributed by atoms with Crippen LogP contribution < -0.4 is 0 Å². The molecule has 0 heterocycles. The molecule has 0 saturated heterocycles. The number of allylic oxidation sites excluding steroid dienone is 12. The third kappa shape index (κ3) is 61.7. The van der Waals surface area contributed by atoms with E-state index in [2.05, 4.69) is 93.7 Å². The molecule has 0 aromatic heterocycles. The van der Waals surface area contributed by atoms with Gasteiger partial charge < -0.3 is 14.2 Å². The Morgan fingerprint density at radius 2 is 0.513 bits per heavy atom. The van der Waals surface area contributed by atoms with Crippen LogP contribution in [0.3, 0.4) is 0 Å². The largest absolute Gasteiger partial charge is 0.462 e. The second kappa shape index (κ2) is 64.4. The summed E-state index contributed by atoms with van der Waals surface area (Å²) in [5.74, 6) is -0.875. The van der Waals surface area contributed by atoms with Crippen molar-refractivity contribution in [3.05, 3.63) is 72.9 Å². The molecule has 0 rings (SSSR count). The van der Waals surface area contributed by atoms with Gasteiger partial charge in [-0.2, -0.15) is 0 Å². The van der Waals surface area contributed by atoms with Crippen LogP contribution in [0.15, 0.2) is 72.9 Å². The van der Waals surface area contributed by atoms with Gasteiger partial charge in [-0.05, 0) is 89.9 Å². The molecule has 6 nitrogen and oxygen atoms in total. The third-order valence-corrected chi connectivity index (χ3v) is 14.4. The first-order valence-corrected chi connectivity index (χ1v) is 32.9. The van der Waals surface area contributed by atoms with Crippen molar-refractivity contribution in [3.8, 4) is 0 Å². The molecular formula is C70H124O6. The second-order valence-electron chi connectivity index (χ2n) is 22.0. The van der Waals surface area contributed by atoms with Gasteiger partial charge in [0.1, 0.15) is 13.2 Å². The highest BCUT2D eigenvalue weighted by atomic mass is 16.6. The Morgan fingerprint density at radius 1 is 0.276 bits per heavy atom. The first-order chi connectivity index (χ1) is 37.5. The van der Waals surface area contributed by atoms with Crippen molar-refractivity contribution in [2.24, 2.45) is 0 Å². The van der Waals surface area contributed by atoms with E-state index >= 15 is 0 Å². The molecule has 1 unspecified atom stereocenters. The number of esters is 3. The van der Waals surface area contributed by atoms with Gasteiger partial charge in [0.15, 0.2) is 6.10 Å². The molecule has 6 heteroatoms. The fourth-order valence-corrected chi connectivity index (χ4v) is 9.53. The average molecular weight is 1060 g/mol. The molecule has 0 radical (unpaired) electrons. The second-order valence-corrected chi connectivity index (χ2v) is 22.0. The highest BCUT2D eigenvalue weighted by Gasteiger charge is 2.19. The minimum Gasteiger partial charge on any atom is -0.462 e. The smallest absolute Gasteiger partial charge is 0.306 e. The summed E-state index contributed by atoms with van der Waals surface area (Å²) in [4.78, 5) is 38.4. The number of rotatable bonds is 60. The number of hydrogen-bond donors (Lipinski definition) is 0. The van der Waals surface area contributed by atoms with E-state index in [4.69, 9.17) is 14.2 Å². The molecule has 0 aliphatic carbocycles. The van der Waals surface area contributed by atoms with Crippen LogP contribution >= 0.6 is 0 Å². The van der Waals surface area contributed by atoms with Gasteiger partial charge in [0, 0.05) is 19.3 Å². The monoisotopic (exact) mass is 1060 g/mol. The summed E-state index contributed by atoms with van der Waals surface area (Å²) >= 11 is 0. The molecule has 0 N–H and O–H groups in total. The molecule has 0 spiro atoms. The van der Waals surface area contributed by atoms with Crippen LogP contribution in [0, 0.1) is 0 Å². The van der Waals surface area contributed by atoms with Gasteiger partial charge in [-0.25, -0.2) is 0 Å². The van der Waals surface area contributed by atoms with Gasteiger partial charge in [0.2, 0.25) is 0 Å². The van der Waals surface area contributed by atoms with Crippen molar-refractivity contribution >= 4 is 17.9 Å². The quantitative estimate of drug-likeness (QED) is 0.0261. The van der Waals surface area contributed by atoms with E-state index in [-0.39, 0.29) is 31.1 Å². The minimum atomic E-state index is -0.782. The van der Waals surface area contributed by atoms with Crippen molar-refractivity contribution in [2.45, 2.75) is 341 Å². The zero-order valence-corrected chi connectivity index (χ0v) is 50.5. The van der Waals surface area contributed by atoms with Gasteiger partial charge in [0.25, 0.3) is 0 Å². The molecule has 0 aromatic carbocycles. The Bertz CT molecular complexity index is 1400. The predicted octanol–water partition coefficient (Wildman–Crippen LogP) is 22.5. The van der Waals surface area contributed by atoms with Gasteiger partial charge in [-0.3, -0.25) is 14.4 Å². The van der Waals surface area contributed by atoms with E-state index < -0.39 is 6.10 Å². The number of carbonyl (C=O) groups excluding carboxylic acids is 3. The average Bonchev–Trinajstić information content (AvgIpc) is 3.42. The van der Waals surface area contributed by atoms with E-state index in [0.29, 0.717) is 19.3 Å². The molecule has 0 amide bonds. The van der Waals surface area contributed by atoms with E-state index in [1.807, 2.05) is 0 Å². The normalized spacial score (nSPS) is 12.5. The molecule has 76 heavy (non-hydrogen) atoms. The first kappa shape index (κ1) is 72.8. The Labute approximate surface area is 472 Å². The standard InChI is InChI=1S/C70H124O6/c1-4-7-10-13-16-19-22-25-28-31-34-35-37-39-42-45-48-51-54-57-60-63-69(72)75-66-67(65-74-68(71)62-59-56-53-50-47-44-41-38-33-30-27-24-21-18-15-12-9-6-3)76-70(73)64-61-58-55-52-49-46-43-40-36-32-29-26-23-20-17-14-11-8-5-2/h7,10,16,19,21,24-25,28,30,33-35,67H,4-6,8-9,11-15,17-18,20,22-23,26-27,29,31-32,36-66H2,1-3H3/b10-7-,19-16-,24-21-,28-25-,33-30-,35-34-. The van der Waals surface area contributed by atoms with Crippen molar-refractivity contribution < 1.29 is 28.6 Å². The molecule has 0 saturated carbocycles. The fraction of sp³-hybridized carbons (Fsp3) is 0.786. The SMILES string of the molecule is CC/C=C\C/C=C\C/C=C\C/C=C\CCCCCCCCCCC(=O)OCC(COC(=O)CCCCCCCCC/C=C\C/C=C\CCCCCC)OC(=O)CCCCCCCCCCCCCCCCCCCCC. The maximum atomic E-state index is 12.9. The molecule has 0 bridgehead atoms.